The maximum absolute atomic E-state index is 13.4. The summed E-state index contributed by atoms with van der Waals surface area (Å²) < 4.78 is 0. The fraction of sp³-hybridized carbons (Fsp3) is 0.292. The van der Waals surface area contributed by atoms with Gasteiger partial charge in [-0.3, -0.25) is 9.59 Å². The van der Waals surface area contributed by atoms with Crippen LogP contribution in [0, 0.1) is 22.0 Å². The number of benzene rings is 2. The topological polar surface area (TPSA) is 172 Å². The zero-order chi connectivity index (χ0) is 25.5. The van der Waals surface area contributed by atoms with Gasteiger partial charge in [0.05, 0.1) is 12.5 Å². The number of nitrogens with one attached hydrogen (secondary N) is 3. The largest absolute Gasteiger partial charge is 0.384 e. The van der Waals surface area contributed by atoms with Gasteiger partial charge in [0, 0.05) is 6.54 Å². The molecular weight excluding hydrogens is 452 g/mol. The molecule has 2 aromatic carbocycles. The highest BCUT2D eigenvalue weighted by Gasteiger charge is 2.27. The number of hydrogen-bond donors (Lipinski definition) is 5. The summed E-state index contributed by atoms with van der Waals surface area (Å²) in [4.78, 5) is 36.6. The molecule has 2 rings (SSSR count). The van der Waals surface area contributed by atoms with Crippen molar-refractivity contribution in [3.63, 3.8) is 0 Å². The number of hydrazone groups is 1. The van der Waals surface area contributed by atoms with Crippen molar-refractivity contribution in [3.8, 4) is 11.8 Å². The van der Waals surface area contributed by atoms with Crippen molar-refractivity contribution < 1.29 is 19.7 Å². The standard InChI is InChI=1S/C24H28N6O5/c25-24(29-30(34)35)27-16-9-14-20(22(32)26-15-7-8-17-31)28-23(33)21(18-10-3-1-4-11-18)19-12-5-2-6-13-19/h1-6,10-13,20-21,31H,9,14-17H2,(H,26,32)(H,28,33)(H3,25,27,29)/t20-/m1/s1. The average molecular weight is 481 g/mol. The minimum atomic E-state index is -0.917. The lowest BCUT2D eigenvalue weighted by Crippen LogP contribution is -2.48. The van der Waals surface area contributed by atoms with Gasteiger partial charge in [-0.15, -0.1) is 0 Å². The summed E-state index contributed by atoms with van der Waals surface area (Å²) in [7, 11) is 0. The molecule has 0 saturated carbocycles. The first-order valence-electron chi connectivity index (χ1n) is 10.9. The fourth-order valence-electron chi connectivity index (χ4n) is 3.33. The molecule has 0 unspecified atom stereocenters. The van der Waals surface area contributed by atoms with Crippen molar-refractivity contribution in [1.82, 2.24) is 16.0 Å². The molecule has 0 saturated heterocycles. The number of aliphatic hydroxyl groups is 1. The van der Waals surface area contributed by atoms with Crippen molar-refractivity contribution >= 4 is 17.8 Å². The number of carbonyl (C=O) groups is 2. The third-order valence-electron chi connectivity index (χ3n) is 4.88. The van der Waals surface area contributed by atoms with Gasteiger partial charge in [-0.1, -0.05) is 72.5 Å². The van der Waals surface area contributed by atoms with Crippen LogP contribution in [0.15, 0.2) is 65.8 Å². The second-order valence-corrected chi connectivity index (χ2v) is 7.34. The van der Waals surface area contributed by atoms with Gasteiger partial charge in [0.15, 0.2) is 5.03 Å². The zero-order valence-corrected chi connectivity index (χ0v) is 19.0. The molecule has 0 heterocycles. The maximum Gasteiger partial charge on any atom is 0.266 e. The third-order valence-corrected chi connectivity index (χ3v) is 4.88. The van der Waals surface area contributed by atoms with E-state index >= 15 is 0 Å². The monoisotopic (exact) mass is 480 g/mol. The predicted octanol–water partition coefficient (Wildman–Crippen LogP) is 0.291. The number of aliphatic hydroxyl groups excluding tert-OH is 1. The highest BCUT2D eigenvalue weighted by Crippen LogP contribution is 2.25. The number of guanidine groups is 1. The molecule has 0 aliphatic rings. The number of nitrogens with zero attached hydrogens (tertiary/aromatic N) is 2. The van der Waals surface area contributed by atoms with E-state index in [0.717, 1.165) is 11.1 Å². The highest BCUT2D eigenvalue weighted by atomic mass is 16.7. The Hall–Kier alpha value is -4.43. The highest BCUT2D eigenvalue weighted by molar-refractivity contribution is 5.92. The first-order valence-corrected chi connectivity index (χ1v) is 10.9. The van der Waals surface area contributed by atoms with Crippen LogP contribution in [-0.2, 0) is 9.59 Å². The van der Waals surface area contributed by atoms with Gasteiger partial charge < -0.3 is 26.8 Å². The Labute approximate surface area is 202 Å². The average Bonchev–Trinajstić information content (AvgIpc) is 2.84. The van der Waals surface area contributed by atoms with E-state index in [0.29, 0.717) is 6.42 Å². The Morgan fingerprint density at radius 3 is 2.14 bits per heavy atom. The number of carbonyl (C=O) groups excluding carboxylic acids is 2. The zero-order valence-electron chi connectivity index (χ0n) is 19.0. The SMILES string of the molecule is NC(=N[N+](=O)[O-])NCCC[C@@H](NC(=O)C(c1ccccc1)c1ccccc1)C(=O)NCC#CCO. The van der Waals surface area contributed by atoms with Crippen LogP contribution in [0.2, 0.25) is 0 Å². The Balaban J connectivity index is 2.16. The smallest absolute Gasteiger partial charge is 0.266 e. The summed E-state index contributed by atoms with van der Waals surface area (Å²) in [5.74, 6) is 3.24. The molecule has 0 fully saturated rings. The molecule has 0 aliphatic heterocycles. The van der Waals surface area contributed by atoms with Crippen LogP contribution in [0.5, 0.6) is 0 Å². The van der Waals surface area contributed by atoms with E-state index in [1.165, 1.54) is 0 Å². The Kier molecular flexibility index (Phi) is 11.2. The van der Waals surface area contributed by atoms with Gasteiger partial charge >= 0.3 is 0 Å². The van der Waals surface area contributed by atoms with E-state index < -0.39 is 22.9 Å². The predicted molar refractivity (Wildman–Crippen MR) is 130 cm³/mol. The minimum absolute atomic E-state index is 0.00720. The third kappa shape index (κ3) is 9.53. The van der Waals surface area contributed by atoms with Crippen LogP contribution in [0.25, 0.3) is 0 Å². The van der Waals surface area contributed by atoms with Gasteiger partial charge in [0.1, 0.15) is 17.8 Å². The van der Waals surface area contributed by atoms with E-state index in [2.05, 4.69) is 32.9 Å². The molecule has 1 atom stereocenters. The molecule has 0 radical (unpaired) electrons. The number of hydrogen-bond acceptors (Lipinski definition) is 5. The van der Waals surface area contributed by atoms with E-state index in [4.69, 9.17) is 10.8 Å². The Bertz CT molecular complexity index is 1030. The Morgan fingerprint density at radius 2 is 1.60 bits per heavy atom. The number of rotatable bonds is 11. The van der Waals surface area contributed by atoms with Crippen LogP contribution < -0.4 is 21.7 Å². The van der Waals surface area contributed by atoms with E-state index in [9.17, 15) is 19.7 Å². The van der Waals surface area contributed by atoms with Crippen molar-refractivity contribution in [2.45, 2.75) is 24.8 Å². The second-order valence-electron chi connectivity index (χ2n) is 7.34. The fourth-order valence-corrected chi connectivity index (χ4v) is 3.33. The first kappa shape index (κ1) is 26.8. The normalized spacial score (nSPS) is 11.7. The van der Waals surface area contributed by atoms with Crippen molar-refractivity contribution in [1.29, 1.82) is 0 Å². The van der Waals surface area contributed by atoms with Crippen LogP contribution in [0.1, 0.15) is 29.9 Å². The quantitative estimate of drug-likeness (QED) is 0.0768. The lowest BCUT2D eigenvalue weighted by atomic mass is 9.90. The molecule has 2 amide bonds. The molecule has 35 heavy (non-hydrogen) atoms. The van der Waals surface area contributed by atoms with Gasteiger partial charge in [-0.25, -0.2) is 10.1 Å². The second kappa shape index (κ2) is 14.7. The lowest BCUT2D eigenvalue weighted by Gasteiger charge is -2.23. The van der Waals surface area contributed by atoms with E-state index in [1.807, 2.05) is 60.7 Å². The Morgan fingerprint density at radius 1 is 1.00 bits per heavy atom. The molecule has 2 aromatic rings. The summed E-state index contributed by atoms with van der Waals surface area (Å²) in [5, 5.41) is 29.2. The summed E-state index contributed by atoms with van der Waals surface area (Å²) in [6, 6.07) is 17.5. The molecule has 0 aromatic heterocycles. The number of amides is 2. The van der Waals surface area contributed by atoms with Crippen LogP contribution in [0.3, 0.4) is 0 Å². The summed E-state index contributed by atoms with van der Waals surface area (Å²) in [6.45, 7) is -0.119. The van der Waals surface area contributed by atoms with Crippen LogP contribution >= 0.6 is 0 Å². The molecule has 11 nitrogen and oxygen atoms in total. The summed E-state index contributed by atoms with van der Waals surface area (Å²) >= 11 is 0. The van der Waals surface area contributed by atoms with E-state index in [1.54, 1.807) is 0 Å². The lowest BCUT2D eigenvalue weighted by molar-refractivity contribution is -0.485. The van der Waals surface area contributed by atoms with Crippen molar-refractivity contribution in [2.24, 2.45) is 10.8 Å². The molecule has 0 spiro atoms. The maximum atomic E-state index is 13.4. The molecule has 0 bridgehead atoms. The molecular formula is C24H28N6O5. The van der Waals surface area contributed by atoms with Crippen molar-refractivity contribution in [2.75, 3.05) is 19.7 Å². The summed E-state index contributed by atoms with van der Waals surface area (Å²) in [6.07, 6.45) is 0.579. The van der Waals surface area contributed by atoms with Gasteiger partial charge in [0.2, 0.25) is 11.8 Å². The molecule has 6 N–H and O–H groups in total. The molecule has 11 heteroatoms. The molecule has 0 aliphatic carbocycles. The van der Waals surface area contributed by atoms with Gasteiger partial charge in [0.25, 0.3) is 5.96 Å². The van der Waals surface area contributed by atoms with Crippen molar-refractivity contribution in [3.05, 3.63) is 81.9 Å². The van der Waals surface area contributed by atoms with Crippen LogP contribution in [-0.4, -0.2) is 53.7 Å². The molecule has 184 valence electrons. The van der Waals surface area contributed by atoms with Gasteiger partial charge in [-0.05, 0) is 24.0 Å². The first-order chi connectivity index (χ1) is 16.9. The van der Waals surface area contributed by atoms with E-state index in [-0.39, 0.29) is 38.0 Å². The number of nitro groups is 1. The van der Waals surface area contributed by atoms with Crippen LogP contribution in [0.4, 0.5) is 0 Å². The number of nitrogens with two attached hydrogens (primary N) is 1. The summed E-state index contributed by atoms with van der Waals surface area (Å²) in [5.41, 5.74) is 6.95. The van der Waals surface area contributed by atoms with Gasteiger partial charge in [-0.2, -0.15) is 0 Å². The minimum Gasteiger partial charge on any atom is -0.384 e.